The summed E-state index contributed by atoms with van der Waals surface area (Å²) in [6, 6.07) is 0.607. The van der Waals surface area contributed by atoms with E-state index in [-0.39, 0.29) is 5.60 Å². The molecule has 2 fully saturated rings. The summed E-state index contributed by atoms with van der Waals surface area (Å²) >= 11 is 0. The number of rotatable bonds is 6. The topological polar surface area (TPSA) is 30.5 Å². The molecule has 2 aliphatic rings. The zero-order valence-electron chi connectivity index (χ0n) is 12.0. The summed E-state index contributed by atoms with van der Waals surface area (Å²) in [6.07, 6.45) is 9.16. The second-order valence-corrected chi connectivity index (χ2v) is 6.07. The predicted molar refractivity (Wildman–Crippen MR) is 73.9 cm³/mol. The normalized spacial score (nSPS) is 34.0. The second-order valence-electron chi connectivity index (χ2n) is 6.07. The molecule has 0 amide bonds. The van der Waals surface area contributed by atoms with Crippen LogP contribution in [-0.4, -0.2) is 37.5 Å². The fraction of sp³-hybridized carbons (Fsp3) is 1.00. The SMILES string of the molecule is CCC1(C)CC(NCCOC2CCCC2)CCO1. The van der Waals surface area contributed by atoms with Gasteiger partial charge >= 0.3 is 0 Å². The van der Waals surface area contributed by atoms with Crippen LogP contribution in [0.4, 0.5) is 0 Å². The molecule has 1 saturated heterocycles. The van der Waals surface area contributed by atoms with Gasteiger partial charge < -0.3 is 14.8 Å². The Hall–Kier alpha value is -0.120. The van der Waals surface area contributed by atoms with Gasteiger partial charge in [-0.25, -0.2) is 0 Å². The molecule has 1 N–H and O–H groups in total. The number of ether oxygens (including phenoxy) is 2. The lowest BCUT2D eigenvalue weighted by atomic mass is 9.90. The minimum atomic E-state index is 0.0855. The zero-order valence-corrected chi connectivity index (χ0v) is 12.0. The lowest BCUT2D eigenvalue weighted by molar-refractivity contribution is -0.0786. The summed E-state index contributed by atoms with van der Waals surface area (Å²) in [5.41, 5.74) is 0.0855. The summed E-state index contributed by atoms with van der Waals surface area (Å²) in [5, 5.41) is 3.63. The molecule has 106 valence electrons. The zero-order chi connectivity index (χ0) is 12.8. The number of hydrogen-bond acceptors (Lipinski definition) is 3. The molecule has 0 radical (unpaired) electrons. The van der Waals surface area contributed by atoms with Crippen LogP contribution >= 0.6 is 0 Å². The van der Waals surface area contributed by atoms with Gasteiger partial charge in [-0.05, 0) is 39.0 Å². The van der Waals surface area contributed by atoms with Crippen LogP contribution in [0.3, 0.4) is 0 Å². The summed E-state index contributed by atoms with van der Waals surface area (Å²) in [5.74, 6) is 0. The van der Waals surface area contributed by atoms with E-state index in [9.17, 15) is 0 Å². The van der Waals surface area contributed by atoms with Gasteiger partial charge in [-0.2, -0.15) is 0 Å². The quantitative estimate of drug-likeness (QED) is 0.740. The molecule has 0 spiro atoms. The van der Waals surface area contributed by atoms with Crippen molar-refractivity contribution in [1.82, 2.24) is 5.32 Å². The van der Waals surface area contributed by atoms with E-state index < -0.39 is 0 Å². The van der Waals surface area contributed by atoms with Crippen LogP contribution in [0.2, 0.25) is 0 Å². The highest BCUT2D eigenvalue weighted by Crippen LogP contribution is 2.27. The lowest BCUT2D eigenvalue weighted by Gasteiger charge is -2.38. The number of hydrogen-bond donors (Lipinski definition) is 1. The van der Waals surface area contributed by atoms with Crippen LogP contribution < -0.4 is 5.32 Å². The summed E-state index contributed by atoms with van der Waals surface area (Å²) in [6.45, 7) is 7.19. The third-order valence-corrected chi connectivity index (χ3v) is 4.53. The molecular formula is C15H29NO2. The maximum Gasteiger partial charge on any atom is 0.0666 e. The third-order valence-electron chi connectivity index (χ3n) is 4.53. The molecule has 0 aromatic rings. The van der Waals surface area contributed by atoms with Crippen molar-refractivity contribution in [3.05, 3.63) is 0 Å². The smallest absolute Gasteiger partial charge is 0.0666 e. The molecule has 2 atom stereocenters. The fourth-order valence-corrected chi connectivity index (χ4v) is 3.09. The minimum absolute atomic E-state index is 0.0855. The highest BCUT2D eigenvalue weighted by atomic mass is 16.5. The minimum Gasteiger partial charge on any atom is -0.377 e. The van der Waals surface area contributed by atoms with Crippen molar-refractivity contribution < 1.29 is 9.47 Å². The van der Waals surface area contributed by atoms with E-state index in [4.69, 9.17) is 9.47 Å². The first-order valence-electron chi connectivity index (χ1n) is 7.71. The maximum absolute atomic E-state index is 5.88. The Balaban J connectivity index is 1.58. The second kappa shape index (κ2) is 6.88. The third kappa shape index (κ3) is 4.22. The van der Waals surface area contributed by atoms with Gasteiger partial charge in [0.2, 0.25) is 0 Å². The van der Waals surface area contributed by atoms with Crippen LogP contribution in [0.15, 0.2) is 0 Å². The molecule has 3 nitrogen and oxygen atoms in total. The molecule has 1 saturated carbocycles. The lowest BCUT2D eigenvalue weighted by Crippen LogP contribution is -2.45. The standard InChI is InChI=1S/C15H29NO2/c1-3-15(2)12-13(8-10-18-15)16-9-11-17-14-6-4-5-7-14/h13-14,16H,3-12H2,1-2H3. The Morgan fingerprint density at radius 2 is 2.06 bits per heavy atom. The summed E-state index contributed by atoms with van der Waals surface area (Å²) in [4.78, 5) is 0. The summed E-state index contributed by atoms with van der Waals surface area (Å²) in [7, 11) is 0. The average Bonchev–Trinajstić information content (AvgIpc) is 2.88. The first kappa shape index (κ1) is 14.3. The van der Waals surface area contributed by atoms with E-state index in [1.807, 2.05) is 0 Å². The van der Waals surface area contributed by atoms with Gasteiger partial charge in [0.05, 0.1) is 18.3 Å². The van der Waals surface area contributed by atoms with Gasteiger partial charge in [-0.1, -0.05) is 19.8 Å². The Labute approximate surface area is 112 Å². The highest BCUT2D eigenvalue weighted by molar-refractivity contribution is 4.85. The van der Waals surface area contributed by atoms with Crippen LogP contribution in [0, 0.1) is 0 Å². The number of nitrogens with one attached hydrogen (secondary N) is 1. The predicted octanol–water partition coefficient (Wildman–Crippen LogP) is 2.88. The van der Waals surface area contributed by atoms with Gasteiger partial charge in [0, 0.05) is 19.2 Å². The first-order chi connectivity index (χ1) is 8.72. The molecule has 0 aromatic heterocycles. The van der Waals surface area contributed by atoms with Gasteiger partial charge in [0.15, 0.2) is 0 Å². The summed E-state index contributed by atoms with van der Waals surface area (Å²) < 4.78 is 11.7. The maximum atomic E-state index is 5.88. The van der Waals surface area contributed by atoms with Crippen molar-refractivity contribution in [2.75, 3.05) is 19.8 Å². The Bertz CT molecular complexity index is 241. The molecule has 1 aliphatic carbocycles. The molecule has 2 rings (SSSR count). The van der Waals surface area contributed by atoms with Crippen molar-refractivity contribution in [1.29, 1.82) is 0 Å². The molecule has 0 aromatic carbocycles. The molecule has 3 heteroatoms. The van der Waals surface area contributed by atoms with Crippen molar-refractivity contribution in [3.63, 3.8) is 0 Å². The van der Waals surface area contributed by atoms with Gasteiger partial charge in [-0.3, -0.25) is 0 Å². The van der Waals surface area contributed by atoms with E-state index in [1.165, 1.54) is 25.7 Å². The van der Waals surface area contributed by atoms with Crippen molar-refractivity contribution in [2.45, 2.75) is 76.5 Å². The molecule has 18 heavy (non-hydrogen) atoms. The van der Waals surface area contributed by atoms with Crippen LogP contribution in [0.1, 0.15) is 58.8 Å². The molecule has 1 aliphatic heterocycles. The first-order valence-corrected chi connectivity index (χ1v) is 7.71. The van der Waals surface area contributed by atoms with E-state index in [1.54, 1.807) is 0 Å². The van der Waals surface area contributed by atoms with Crippen LogP contribution in [-0.2, 0) is 9.47 Å². The van der Waals surface area contributed by atoms with Crippen LogP contribution in [0.5, 0.6) is 0 Å². The monoisotopic (exact) mass is 255 g/mol. The fourth-order valence-electron chi connectivity index (χ4n) is 3.09. The molecule has 0 bridgehead atoms. The average molecular weight is 255 g/mol. The van der Waals surface area contributed by atoms with Gasteiger partial charge in [0.1, 0.15) is 0 Å². The van der Waals surface area contributed by atoms with Crippen molar-refractivity contribution in [3.8, 4) is 0 Å². The van der Waals surface area contributed by atoms with Crippen LogP contribution in [0.25, 0.3) is 0 Å². The largest absolute Gasteiger partial charge is 0.377 e. The Morgan fingerprint density at radius 3 is 2.78 bits per heavy atom. The van der Waals surface area contributed by atoms with Crippen molar-refractivity contribution >= 4 is 0 Å². The Morgan fingerprint density at radius 1 is 1.28 bits per heavy atom. The van der Waals surface area contributed by atoms with Gasteiger partial charge in [0.25, 0.3) is 0 Å². The van der Waals surface area contributed by atoms with E-state index in [0.29, 0.717) is 12.1 Å². The van der Waals surface area contributed by atoms with E-state index >= 15 is 0 Å². The molecule has 2 unspecified atom stereocenters. The molecule has 1 heterocycles. The Kier molecular flexibility index (Phi) is 5.46. The highest BCUT2D eigenvalue weighted by Gasteiger charge is 2.31. The van der Waals surface area contributed by atoms with E-state index in [0.717, 1.165) is 39.0 Å². The van der Waals surface area contributed by atoms with E-state index in [2.05, 4.69) is 19.2 Å². The van der Waals surface area contributed by atoms with Crippen molar-refractivity contribution in [2.24, 2.45) is 0 Å². The molecular weight excluding hydrogens is 226 g/mol. The van der Waals surface area contributed by atoms with Gasteiger partial charge in [-0.15, -0.1) is 0 Å².